The van der Waals surface area contributed by atoms with Gasteiger partial charge in [0.15, 0.2) is 37.2 Å². The summed E-state index contributed by atoms with van der Waals surface area (Å²) in [7, 11) is -14.3. The van der Waals surface area contributed by atoms with Gasteiger partial charge in [-0.2, -0.15) is 0 Å². The summed E-state index contributed by atoms with van der Waals surface area (Å²) >= 11 is 0. The number of aryl methyl sites for hydroxylation is 3. The maximum Gasteiger partial charge on any atom is 0.218 e. The molecule has 8 bridgehead atoms. The molecule has 0 spiro atoms. The molecule has 7 aromatic rings. The number of pyridine rings is 3. The van der Waals surface area contributed by atoms with E-state index in [0.717, 1.165) is 75.1 Å². The van der Waals surface area contributed by atoms with Crippen LogP contribution in [0.25, 0.3) is 33.4 Å². The van der Waals surface area contributed by atoms with Crippen LogP contribution in [0.1, 0.15) is 53.5 Å². The Morgan fingerprint density at radius 3 is 1.00 bits per heavy atom. The summed E-state index contributed by atoms with van der Waals surface area (Å²) in [5, 5.41) is 0. The smallest absolute Gasteiger partial charge is 0.218 e. The molecule has 10 heterocycles. The Morgan fingerprint density at radius 2 is 0.657 bits per heavy atom. The van der Waals surface area contributed by atoms with Crippen molar-refractivity contribution in [3.63, 3.8) is 0 Å². The number of hydrogen-bond donors (Lipinski definition) is 5. The zero-order valence-electron chi connectivity index (χ0n) is 53.5. The molecule has 492 valence electrons. The van der Waals surface area contributed by atoms with E-state index in [2.05, 4.69) is 186 Å². The number of hydrogen-bond acceptors (Lipinski definition) is 10. The molecule has 14 rings (SSSR count). The van der Waals surface area contributed by atoms with Crippen LogP contribution >= 0.6 is 0 Å². The summed E-state index contributed by atoms with van der Waals surface area (Å²) in [5.41, 5.74) is 16.1. The number of benzene rings is 4. The van der Waals surface area contributed by atoms with Crippen molar-refractivity contribution >= 4 is 75.5 Å². The highest BCUT2D eigenvalue weighted by Gasteiger charge is 2.37. The Bertz CT molecular complexity index is 5240. The highest BCUT2D eigenvalue weighted by molar-refractivity contribution is 7.86. The maximum absolute atomic E-state index is 12.2. The van der Waals surface area contributed by atoms with E-state index >= 15 is 0 Å². The first-order valence-corrected chi connectivity index (χ1v) is 36.7. The lowest BCUT2D eigenvalue weighted by molar-refractivity contribution is -0.791. The molecule has 0 radical (unpaired) electrons. The van der Waals surface area contributed by atoms with E-state index in [1.807, 2.05) is 54.7 Å². The molecule has 0 atom stereocenters. The van der Waals surface area contributed by atoms with Gasteiger partial charge in [0.05, 0.1) is 33.6 Å². The highest BCUT2D eigenvalue weighted by Crippen LogP contribution is 2.30. The third-order valence-corrected chi connectivity index (χ3v) is 20.6. The molecule has 7 aliphatic heterocycles. The summed E-state index contributed by atoms with van der Waals surface area (Å²) < 4.78 is 116. The van der Waals surface area contributed by atoms with Crippen LogP contribution in [0.15, 0.2) is 323 Å². The molecule has 7 aliphatic rings. The number of quaternary nitrogens is 1. The predicted octanol–water partition coefficient (Wildman–Crippen LogP) is 2.28. The number of nitrogens with one attached hydrogen (secondary N) is 5. The average molecular weight is 1370 g/mol. The van der Waals surface area contributed by atoms with E-state index in [1.165, 1.54) is 75.7 Å². The minimum absolute atomic E-state index is 0.391. The zero-order valence-corrected chi connectivity index (χ0v) is 56.0. The second-order valence-electron chi connectivity index (χ2n) is 24.7. The minimum atomic E-state index is -4.79. The van der Waals surface area contributed by atoms with Crippen LogP contribution in [0.2, 0.25) is 0 Å². The number of aromatic nitrogens is 3. The largest absolute Gasteiger partial charge is 0.744 e. The van der Waals surface area contributed by atoms with Crippen LogP contribution in [0.4, 0.5) is 0 Å². The summed E-state index contributed by atoms with van der Waals surface area (Å²) in [6, 6.07) is 40.3. The fourth-order valence-electron chi connectivity index (χ4n) is 12.9. The molecule has 3 aromatic heterocycles. The fourth-order valence-corrected chi connectivity index (χ4v) is 14.3. The number of fused-ring (bicyclic) bond motifs is 4. The van der Waals surface area contributed by atoms with Crippen molar-refractivity contribution in [3.8, 4) is 11.1 Å². The molecule has 4 aromatic carbocycles. The van der Waals surface area contributed by atoms with Crippen LogP contribution in [-0.4, -0.2) is 73.2 Å². The number of allylic oxidation sites excluding steroid dienone is 18. The first-order chi connectivity index (χ1) is 47.9. The first-order valence-electron chi connectivity index (χ1n) is 32.5. The van der Waals surface area contributed by atoms with Crippen LogP contribution in [0.3, 0.4) is 0 Å². The standard InChI is InChI=1S/C78H63N9O9S3/c88-97(89,90)64-16-10-60(11-17-64)75-67-22-24-69(79-67)76(61-12-18-65(19-13-61)98(91,92)93)71-26-28-73(81-71)78(74-29-27-72(82-74)77(70-25-23-68(75)80-70)62-14-20-66(21-15-62)99(94,95)96)63-38-50-86(51-39-63)43-7-6-42-84-46-32-57(33-47-84)56-30-44-83(45-31-56)40-4-5-41-85-48-34-58(35-49-85)59-36-52-87(53-37-59)54-55-8-2-1-3-9-55/h1-3,8-39,44-53H,4-7,40-43,54H2/p+5. The molecule has 0 aliphatic carbocycles. The summed E-state index contributed by atoms with van der Waals surface area (Å²) in [6.07, 6.45) is 49.6. The topological polar surface area (TPSA) is 247 Å². The summed E-state index contributed by atoms with van der Waals surface area (Å²) in [5.74, 6) is 0. The van der Waals surface area contributed by atoms with Crippen molar-refractivity contribution in [2.75, 3.05) is 6.54 Å². The third-order valence-electron chi connectivity index (χ3n) is 18.1. The monoisotopic (exact) mass is 1370 g/mol. The Kier molecular flexibility index (Phi) is 18.4. The van der Waals surface area contributed by atoms with Gasteiger partial charge in [0.1, 0.15) is 72.3 Å². The summed E-state index contributed by atoms with van der Waals surface area (Å²) in [6.45, 7) is 4.47. The lowest BCUT2D eigenvalue weighted by atomic mass is 9.98. The van der Waals surface area contributed by atoms with Gasteiger partial charge in [-0.1, -0.05) is 66.7 Å². The Balaban J connectivity index is 0.668. The molecule has 18 nitrogen and oxygen atoms in total. The normalized spacial score (nSPS) is 17.2. The van der Waals surface area contributed by atoms with E-state index in [0.29, 0.717) is 79.0 Å². The van der Waals surface area contributed by atoms with Gasteiger partial charge in [-0.3, -0.25) is 4.90 Å². The van der Waals surface area contributed by atoms with Crippen LogP contribution < -0.4 is 38.6 Å². The molecule has 0 unspecified atom stereocenters. The molecule has 21 heteroatoms. The van der Waals surface area contributed by atoms with Crippen LogP contribution in [-0.2, 0) is 56.5 Å². The van der Waals surface area contributed by atoms with E-state index in [1.54, 1.807) is 24.3 Å². The predicted molar refractivity (Wildman–Crippen MR) is 370 cm³/mol. The van der Waals surface area contributed by atoms with E-state index in [4.69, 9.17) is 0 Å². The number of unbranched alkanes of at least 4 members (excludes halogenated alkanes) is 2. The van der Waals surface area contributed by atoms with Crippen molar-refractivity contribution in [2.45, 2.75) is 66.5 Å². The Labute approximate surface area is 574 Å². The van der Waals surface area contributed by atoms with E-state index in [-0.39, 0.29) is 0 Å². The van der Waals surface area contributed by atoms with E-state index in [9.17, 15) is 38.9 Å². The molecule has 0 amide bonds. The highest BCUT2D eigenvalue weighted by atomic mass is 32.2. The Hall–Kier alpha value is -10.9. The Morgan fingerprint density at radius 1 is 0.343 bits per heavy atom. The number of nitrogens with zero attached hydrogens (tertiary/aromatic N) is 4. The molecular formula is C78H68N9O9S3+5. The van der Waals surface area contributed by atoms with Gasteiger partial charge in [-0.05, 0) is 105 Å². The van der Waals surface area contributed by atoms with Gasteiger partial charge >= 0.3 is 0 Å². The van der Waals surface area contributed by atoms with Crippen molar-refractivity contribution in [1.82, 2.24) is 4.90 Å². The van der Waals surface area contributed by atoms with Crippen LogP contribution in [0.5, 0.6) is 0 Å². The fraction of sp³-hybridized carbons (Fsp3) is 0.115. The maximum atomic E-state index is 12.2. The molecular weight excluding hydrogens is 1300 g/mol. The van der Waals surface area contributed by atoms with Gasteiger partial charge in [0.2, 0.25) is 45.6 Å². The van der Waals surface area contributed by atoms with Crippen molar-refractivity contribution in [3.05, 3.63) is 336 Å². The average Bonchev–Trinajstić information content (AvgIpc) is 1.62. The molecule has 5 N–H and O–H groups in total. The SMILES string of the molecule is O=S(=O)([O-])c1ccc(C2=C3C=CC(=[NH+]3)C(c3ccc(S(=O)(=O)[O-])cc3)=C3C=CC(=[NH+]3)C(c3cc[n+](CCCC[n+]4ccc(-c5cc[n+](CCCC[NH+]6C=CC(=C7C=CN(Cc8ccccc8)C=C7)C=C6)cc5)cc4)cc3)=C3C=CC(=[NH+]3)C(c3ccc(S(=O)(=O)[O-])cc3)=C3C=CC2=[NH+]3)cc1. The van der Waals surface area contributed by atoms with Gasteiger partial charge in [0.25, 0.3) is 0 Å². The molecule has 99 heavy (non-hydrogen) atoms. The lowest BCUT2D eigenvalue weighted by Crippen LogP contribution is -3.03. The second-order valence-corrected chi connectivity index (χ2v) is 28.8. The van der Waals surface area contributed by atoms with Gasteiger partial charge in [-0.25, -0.2) is 58.9 Å². The zero-order chi connectivity index (χ0) is 68.3. The van der Waals surface area contributed by atoms with Crippen molar-refractivity contribution in [1.29, 1.82) is 0 Å². The van der Waals surface area contributed by atoms with Gasteiger partial charge < -0.3 is 18.6 Å². The van der Waals surface area contributed by atoms with Gasteiger partial charge in [0, 0.05) is 135 Å². The minimum Gasteiger partial charge on any atom is -0.744 e. The van der Waals surface area contributed by atoms with Crippen molar-refractivity contribution in [2.24, 2.45) is 0 Å². The quantitative estimate of drug-likeness (QED) is 0.0424. The second kappa shape index (κ2) is 27.9. The van der Waals surface area contributed by atoms with E-state index < -0.39 is 45.0 Å². The third kappa shape index (κ3) is 15.0. The summed E-state index contributed by atoms with van der Waals surface area (Å²) in [4.78, 5) is 16.8. The molecule has 0 fully saturated rings. The molecule has 0 saturated carbocycles. The number of rotatable bonds is 20. The van der Waals surface area contributed by atoms with Gasteiger partial charge in [-0.15, -0.1) is 0 Å². The first kappa shape index (κ1) is 65.4. The van der Waals surface area contributed by atoms with Crippen LogP contribution in [0, 0.1) is 0 Å². The van der Waals surface area contributed by atoms with Crippen molar-refractivity contribution < 1.29 is 77.5 Å². The lowest BCUT2D eigenvalue weighted by Gasteiger charge is -2.20. The molecule has 0 saturated heterocycles.